The lowest BCUT2D eigenvalue weighted by Crippen LogP contribution is -2.09. The highest BCUT2D eigenvalue weighted by Gasteiger charge is 2.10. The molecule has 0 atom stereocenters. The molecule has 3 aromatic rings. The van der Waals surface area contributed by atoms with E-state index in [1.165, 1.54) is 26.4 Å². The minimum Gasteiger partial charge on any atom is -0.496 e. The van der Waals surface area contributed by atoms with Gasteiger partial charge >= 0.3 is 0 Å². The van der Waals surface area contributed by atoms with E-state index < -0.39 is 0 Å². The van der Waals surface area contributed by atoms with Crippen molar-refractivity contribution in [3.8, 4) is 17.2 Å². The van der Waals surface area contributed by atoms with Gasteiger partial charge in [-0.15, -0.1) is 0 Å². The molecule has 0 radical (unpaired) electrons. The number of ketones is 1. The van der Waals surface area contributed by atoms with E-state index in [1.807, 2.05) is 0 Å². The molecule has 3 rings (SSSR count). The number of hydrogen-bond acceptors (Lipinski definition) is 5. The normalized spacial score (nSPS) is 10.9. The largest absolute Gasteiger partial charge is 0.496 e. The first-order valence-electron chi connectivity index (χ1n) is 8.22. The molecule has 1 aromatic heterocycles. The third-order valence-corrected chi connectivity index (χ3v) is 4.16. The Labute approximate surface area is 156 Å². The van der Waals surface area contributed by atoms with Crippen LogP contribution >= 0.6 is 0 Å². The summed E-state index contributed by atoms with van der Waals surface area (Å²) in [5.74, 6) is 1.31. The van der Waals surface area contributed by atoms with Crippen LogP contribution in [0, 0.1) is 0 Å². The van der Waals surface area contributed by atoms with Crippen LogP contribution in [0.15, 0.2) is 53.3 Å². The first-order valence-corrected chi connectivity index (χ1v) is 8.22. The third-order valence-electron chi connectivity index (χ3n) is 4.16. The highest BCUT2D eigenvalue weighted by molar-refractivity contribution is 6.08. The number of rotatable bonds is 6. The maximum Gasteiger partial charge on any atom is 0.255 e. The minimum atomic E-state index is -0.307. The first kappa shape index (κ1) is 18.3. The quantitative estimate of drug-likeness (QED) is 0.535. The molecule has 138 valence electrons. The molecule has 0 aliphatic heterocycles. The molecular weight excluding hydrogens is 346 g/mol. The van der Waals surface area contributed by atoms with Crippen molar-refractivity contribution in [2.45, 2.75) is 0 Å². The maximum absolute atomic E-state index is 12.4. The van der Waals surface area contributed by atoms with Gasteiger partial charge in [0.15, 0.2) is 17.3 Å². The van der Waals surface area contributed by atoms with Gasteiger partial charge in [0.25, 0.3) is 5.56 Å². The lowest BCUT2D eigenvalue weighted by Gasteiger charge is -2.09. The highest BCUT2D eigenvalue weighted by Crippen LogP contribution is 2.31. The summed E-state index contributed by atoms with van der Waals surface area (Å²) in [5, 5.41) is 0.761. The number of aromatic nitrogens is 1. The van der Waals surface area contributed by atoms with Crippen LogP contribution in [0.4, 0.5) is 0 Å². The van der Waals surface area contributed by atoms with Gasteiger partial charge in [-0.2, -0.15) is 0 Å². The fourth-order valence-corrected chi connectivity index (χ4v) is 2.78. The highest BCUT2D eigenvalue weighted by atomic mass is 16.5. The summed E-state index contributed by atoms with van der Waals surface area (Å²) < 4.78 is 15.7. The number of carbonyl (C=O) groups excluding carboxylic acids is 1. The molecule has 1 N–H and O–H groups in total. The van der Waals surface area contributed by atoms with Gasteiger partial charge in [-0.25, -0.2) is 0 Å². The molecule has 0 aliphatic rings. The fraction of sp³-hybridized carbons (Fsp3) is 0.143. The second-order valence-electron chi connectivity index (χ2n) is 5.75. The van der Waals surface area contributed by atoms with Gasteiger partial charge in [0.2, 0.25) is 0 Å². The zero-order valence-electron chi connectivity index (χ0n) is 15.2. The molecule has 0 unspecified atom stereocenters. The molecule has 1 heterocycles. The molecule has 6 nitrogen and oxygen atoms in total. The Kier molecular flexibility index (Phi) is 5.26. The number of allylic oxidation sites excluding steroid dienone is 1. The SMILES string of the molecule is COc1cc2cc(/C=C/C(=O)c3ccccc3OC)c(=O)[nH]c2cc1OC. The lowest BCUT2D eigenvalue weighted by atomic mass is 10.1. The summed E-state index contributed by atoms with van der Waals surface area (Å²) in [6, 6.07) is 12.1. The summed E-state index contributed by atoms with van der Waals surface area (Å²) in [4.78, 5) is 27.6. The van der Waals surface area contributed by atoms with E-state index in [0.717, 1.165) is 5.39 Å². The number of hydrogen-bond donors (Lipinski definition) is 1. The molecule has 0 saturated heterocycles. The Morgan fingerprint density at radius 3 is 2.30 bits per heavy atom. The van der Waals surface area contributed by atoms with Crippen molar-refractivity contribution in [3.63, 3.8) is 0 Å². The molecule has 2 aromatic carbocycles. The summed E-state index contributed by atoms with van der Waals surface area (Å²) in [7, 11) is 4.58. The smallest absolute Gasteiger partial charge is 0.255 e. The molecular formula is C21H19NO5. The number of pyridine rings is 1. The number of nitrogens with one attached hydrogen (secondary N) is 1. The molecule has 0 bridgehead atoms. The molecule has 0 aliphatic carbocycles. The van der Waals surface area contributed by atoms with Crippen molar-refractivity contribution in [2.75, 3.05) is 21.3 Å². The number of aromatic amines is 1. The van der Waals surface area contributed by atoms with E-state index in [2.05, 4.69) is 4.98 Å². The van der Waals surface area contributed by atoms with Gasteiger partial charge in [-0.3, -0.25) is 9.59 Å². The van der Waals surface area contributed by atoms with Gasteiger partial charge in [0, 0.05) is 17.0 Å². The number of methoxy groups -OCH3 is 3. The molecule has 0 fully saturated rings. The molecule has 6 heteroatoms. The Balaban J connectivity index is 1.99. The van der Waals surface area contributed by atoms with Crippen molar-refractivity contribution < 1.29 is 19.0 Å². The van der Waals surface area contributed by atoms with Crippen LogP contribution in [-0.4, -0.2) is 32.1 Å². The zero-order chi connectivity index (χ0) is 19.4. The van der Waals surface area contributed by atoms with Gasteiger partial charge in [-0.05, 0) is 36.4 Å². The van der Waals surface area contributed by atoms with Crippen molar-refractivity contribution in [2.24, 2.45) is 0 Å². The maximum atomic E-state index is 12.4. The third kappa shape index (κ3) is 3.69. The number of H-pyrrole nitrogens is 1. The van der Waals surface area contributed by atoms with Crippen molar-refractivity contribution >= 4 is 22.8 Å². The van der Waals surface area contributed by atoms with Crippen LogP contribution in [0.2, 0.25) is 0 Å². The Morgan fingerprint density at radius 2 is 1.59 bits per heavy atom. The second kappa shape index (κ2) is 7.78. The molecule has 0 saturated carbocycles. The second-order valence-corrected chi connectivity index (χ2v) is 5.75. The van der Waals surface area contributed by atoms with Crippen LogP contribution in [0.3, 0.4) is 0 Å². The lowest BCUT2D eigenvalue weighted by molar-refractivity contribution is 0.104. The van der Waals surface area contributed by atoms with Gasteiger partial charge in [-0.1, -0.05) is 12.1 Å². The Hall–Kier alpha value is -3.54. The summed E-state index contributed by atoms with van der Waals surface area (Å²) in [6.45, 7) is 0. The van der Waals surface area contributed by atoms with E-state index in [4.69, 9.17) is 14.2 Å². The minimum absolute atomic E-state index is 0.251. The number of fused-ring (bicyclic) bond motifs is 1. The monoisotopic (exact) mass is 365 g/mol. The van der Waals surface area contributed by atoms with Gasteiger partial charge < -0.3 is 19.2 Å². The van der Waals surface area contributed by atoms with E-state index in [-0.39, 0.29) is 11.3 Å². The van der Waals surface area contributed by atoms with E-state index in [0.29, 0.717) is 33.9 Å². The zero-order valence-corrected chi connectivity index (χ0v) is 15.2. The number of para-hydroxylation sites is 1. The topological polar surface area (TPSA) is 77.6 Å². The standard InChI is InChI=1S/C21H19NO5/c1-25-18-7-5-4-6-15(18)17(23)9-8-13-10-14-11-19(26-2)20(27-3)12-16(14)22-21(13)24/h4-12H,1-3H3,(H,22,24)/b9-8+. The molecule has 27 heavy (non-hydrogen) atoms. The number of ether oxygens (including phenoxy) is 3. The van der Waals surface area contributed by atoms with Crippen molar-refractivity contribution in [1.82, 2.24) is 4.98 Å². The Bertz CT molecular complexity index is 1080. The van der Waals surface area contributed by atoms with Crippen LogP contribution < -0.4 is 19.8 Å². The predicted molar refractivity (Wildman–Crippen MR) is 104 cm³/mol. The summed E-state index contributed by atoms with van der Waals surface area (Å²) in [5.41, 5.74) is 1.10. The molecule has 0 spiro atoms. The number of benzene rings is 2. The summed E-state index contributed by atoms with van der Waals surface area (Å²) >= 11 is 0. The van der Waals surface area contributed by atoms with Crippen LogP contribution in [0.25, 0.3) is 17.0 Å². The Morgan fingerprint density at radius 1 is 0.926 bits per heavy atom. The average Bonchev–Trinajstić information content (AvgIpc) is 2.70. The average molecular weight is 365 g/mol. The predicted octanol–water partition coefficient (Wildman–Crippen LogP) is 3.45. The van der Waals surface area contributed by atoms with Crippen LogP contribution in [0.1, 0.15) is 15.9 Å². The van der Waals surface area contributed by atoms with Crippen LogP contribution in [0.5, 0.6) is 17.2 Å². The first-order chi connectivity index (χ1) is 13.1. The molecule has 0 amide bonds. The van der Waals surface area contributed by atoms with Crippen molar-refractivity contribution in [3.05, 3.63) is 70.0 Å². The van der Waals surface area contributed by atoms with E-state index in [9.17, 15) is 9.59 Å². The van der Waals surface area contributed by atoms with E-state index >= 15 is 0 Å². The number of carbonyl (C=O) groups is 1. The van der Waals surface area contributed by atoms with Gasteiger partial charge in [0.05, 0.1) is 32.4 Å². The van der Waals surface area contributed by atoms with Crippen LogP contribution in [-0.2, 0) is 0 Å². The summed E-state index contributed by atoms with van der Waals surface area (Å²) in [6.07, 6.45) is 2.85. The van der Waals surface area contributed by atoms with E-state index in [1.54, 1.807) is 49.6 Å². The van der Waals surface area contributed by atoms with Gasteiger partial charge in [0.1, 0.15) is 5.75 Å². The fourth-order valence-electron chi connectivity index (χ4n) is 2.78. The van der Waals surface area contributed by atoms with Crippen molar-refractivity contribution in [1.29, 1.82) is 0 Å².